The van der Waals surface area contributed by atoms with Gasteiger partial charge in [-0.1, -0.05) is 6.92 Å². The van der Waals surface area contributed by atoms with E-state index in [1.807, 2.05) is 0 Å². The molecule has 0 amide bonds. The van der Waals surface area contributed by atoms with Crippen LogP contribution in [-0.2, 0) is 10.0 Å². The second-order valence-corrected chi connectivity index (χ2v) is 8.80. The lowest BCUT2D eigenvalue weighted by Crippen LogP contribution is -2.49. The van der Waals surface area contributed by atoms with Crippen LogP contribution < -0.4 is 10.2 Å². The molecule has 1 aromatic heterocycles. The third-order valence-corrected chi connectivity index (χ3v) is 7.15. The number of piperazine rings is 2. The van der Waals surface area contributed by atoms with Crippen molar-refractivity contribution >= 4 is 31.6 Å². The quantitative estimate of drug-likeness (QED) is 0.772. The highest BCUT2D eigenvalue weighted by Gasteiger charge is 2.32. The predicted molar refractivity (Wildman–Crippen MR) is 97.9 cm³/mol. The Morgan fingerprint density at radius 1 is 1.12 bits per heavy atom. The first-order valence-corrected chi connectivity index (χ1v) is 10.6. The summed E-state index contributed by atoms with van der Waals surface area (Å²) >= 11 is 3.50. The summed E-state index contributed by atoms with van der Waals surface area (Å²) in [5, 5.41) is 3.30. The van der Waals surface area contributed by atoms with E-state index in [0.717, 1.165) is 56.0 Å². The van der Waals surface area contributed by atoms with Crippen LogP contribution in [0.1, 0.15) is 6.92 Å². The standard InChI is InChI=1S/C15H24BrN5O2S/c1-2-19-7-9-21(10-8-19)24(22,23)14-12-18-11-13(16)15(14)20-5-3-17-4-6-20/h11-12,17H,2-10H2,1H3. The highest BCUT2D eigenvalue weighted by Crippen LogP contribution is 2.34. The van der Waals surface area contributed by atoms with E-state index in [1.165, 1.54) is 6.20 Å². The number of rotatable bonds is 4. The van der Waals surface area contributed by atoms with Gasteiger partial charge >= 0.3 is 0 Å². The van der Waals surface area contributed by atoms with Gasteiger partial charge in [0.15, 0.2) is 0 Å². The molecule has 1 N–H and O–H groups in total. The SMILES string of the molecule is CCN1CCN(S(=O)(=O)c2cncc(Br)c2N2CCNCC2)CC1. The average molecular weight is 418 g/mol. The highest BCUT2D eigenvalue weighted by atomic mass is 79.9. The lowest BCUT2D eigenvalue weighted by Gasteiger charge is -2.35. The zero-order valence-corrected chi connectivity index (χ0v) is 16.3. The Bertz CT molecular complexity index is 670. The van der Waals surface area contributed by atoms with Gasteiger partial charge in [0.05, 0.1) is 10.2 Å². The van der Waals surface area contributed by atoms with E-state index in [2.05, 4.69) is 43.0 Å². The van der Waals surface area contributed by atoms with E-state index >= 15 is 0 Å². The fourth-order valence-corrected chi connectivity index (χ4v) is 5.53. The van der Waals surface area contributed by atoms with Crippen LogP contribution in [-0.4, -0.2) is 81.5 Å². The molecule has 0 bridgehead atoms. The van der Waals surface area contributed by atoms with Gasteiger partial charge in [0.2, 0.25) is 10.0 Å². The minimum Gasteiger partial charge on any atom is -0.367 e. The molecule has 9 heteroatoms. The fourth-order valence-electron chi connectivity index (χ4n) is 3.22. The smallest absolute Gasteiger partial charge is 0.246 e. The van der Waals surface area contributed by atoms with Crippen molar-refractivity contribution < 1.29 is 8.42 Å². The van der Waals surface area contributed by atoms with Gasteiger partial charge in [-0.05, 0) is 22.5 Å². The van der Waals surface area contributed by atoms with E-state index < -0.39 is 10.0 Å². The average Bonchev–Trinajstić information content (AvgIpc) is 2.62. The van der Waals surface area contributed by atoms with Crippen LogP contribution in [0.3, 0.4) is 0 Å². The lowest BCUT2D eigenvalue weighted by atomic mass is 10.3. The van der Waals surface area contributed by atoms with E-state index in [1.54, 1.807) is 10.5 Å². The first-order chi connectivity index (χ1) is 11.5. The van der Waals surface area contributed by atoms with Crippen molar-refractivity contribution in [2.45, 2.75) is 11.8 Å². The van der Waals surface area contributed by atoms with Crippen LogP contribution in [0.15, 0.2) is 21.8 Å². The lowest BCUT2D eigenvalue weighted by molar-refractivity contribution is 0.196. The summed E-state index contributed by atoms with van der Waals surface area (Å²) in [6.07, 6.45) is 3.16. The summed E-state index contributed by atoms with van der Waals surface area (Å²) in [6.45, 7) is 8.95. The molecule has 0 saturated carbocycles. The molecule has 134 valence electrons. The molecule has 0 atom stereocenters. The zero-order chi connectivity index (χ0) is 17.2. The van der Waals surface area contributed by atoms with Gasteiger partial charge in [0, 0.05) is 64.8 Å². The molecule has 7 nitrogen and oxygen atoms in total. The highest BCUT2D eigenvalue weighted by molar-refractivity contribution is 9.10. The molecule has 0 aromatic carbocycles. The van der Waals surface area contributed by atoms with E-state index in [0.29, 0.717) is 18.0 Å². The van der Waals surface area contributed by atoms with Gasteiger partial charge in [-0.3, -0.25) is 4.98 Å². The Kier molecular flexibility index (Phi) is 5.76. The van der Waals surface area contributed by atoms with Gasteiger partial charge in [0.1, 0.15) is 4.90 Å². The van der Waals surface area contributed by atoms with E-state index in [9.17, 15) is 8.42 Å². The molecule has 24 heavy (non-hydrogen) atoms. The molecule has 1 aromatic rings. The number of nitrogens with zero attached hydrogens (tertiary/aromatic N) is 4. The van der Waals surface area contributed by atoms with Gasteiger partial charge in [-0.2, -0.15) is 4.31 Å². The van der Waals surface area contributed by atoms with E-state index in [4.69, 9.17) is 0 Å². The van der Waals surface area contributed by atoms with Gasteiger partial charge < -0.3 is 15.1 Å². The number of sulfonamides is 1. The molecular weight excluding hydrogens is 394 g/mol. The van der Waals surface area contributed by atoms with Crippen molar-refractivity contribution in [2.75, 3.05) is 63.8 Å². The molecule has 2 aliphatic heterocycles. The first kappa shape index (κ1) is 18.1. The van der Waals surface area contributed by atoms with E-state index in [-0.39, 0.29) is 0 Å². The summed E-state index contributed by atoms with van der Waals surface area (Å²) in [5.41, 5.74) is 0.740. The third kappa shape index (κ3) is 3.60. The molecule has 0 aliphatic carbocycles. The number of hydrogen-bond acceptors (Lipinski definition) is 6. The topological polar surface area (TPSA) is 68.8 Å². The third-order valence-electron chi connectivity index (χ3n) is 4.67. The fraction of sp³-hybridized carbons (Fsp3) is 0.667. The summed E-state index contributed by atoms with van der Waals surface area (Å²) in [6, 6.07) is 0. The van der Waals surface area contributed by atoms with Crippen molar-refractivity contribution in [1.29, 1.82) is 0 Å². The Morgan fingerprint density at radius 3 is 2.42 bits per heavy atom. The Hall–Kier alpha value is -0.740. The molecule has 3 heterocycles. The van der Waals surface area contributed by atoms with Crippen LogP contribution in [0.2, 0.25) is 0 Å². The summed E-state index contributed by atoms with van der Waals surface area (Å²) in [4.78, 5) is 8.82. The van der Waals surface area contributed by atoms with Crippen molar-refractivity contribution in [3.8, 4) is 0 Å². The predicted octanol–water partition coefficient (Wildman–Crippen LogP) is 0.580. The van der Waals surface area contributed by atoms with Crippen molar-refractivity contribution in [2.24, 2.45) is 0 Å². The molecule has 0 unspecified atom stereocenters. The number of nitrogens with one attached hydrogen (secondary N) is 1. The van der Waals surface area contributed by atoms with Crippen molar-refractivity contribution in [1.82, 2.24) is 19.5 Å². The summed E-state index contributed by atoms with van der Waals surface area (Å²) < 4.78 is 28.7. The van der Waals surface area contributed by atoms with Gasteiger partial charge in [-0.15, -0.1) is 0 Å². The van der Waals surface area contributed by atoms with Crippen molar-refractivity contribution in [3.63, 3.8) is 0 Å². The number of likely N-dealkylation sites (N-methyl/N-ethyl adjacent to an activating group) is 1. The molecule has 0 radical (unpaired) electrons. The van der Waals surface area contributed by atoms with Crippen molar-refractivity contribution in [3.05, 3.63) is 16.9 Å². The summed E-state index contributed by atoms with van der Waals surface area (Å²) in [7, 11) is -3.54. The maximum Gasteiger partial charge on any atom is 0.246 e. The number of anilines is 1. The zero-order valence-electron chi connectivity index (χ0n) is 13.9. The van der Waals surface area contributed by atoms with Crippen LogP contribution >= 0.6 is 15.9 Å². The largest absolute Gasteiger partial charge is 0.367 e. The second kappa shape index (κ2) is 7.65. The molecule has 3 rings (SSSR count). The Balaban J connectivity index is 1.92. The van der Waals surface area contributed by atoms with Crippen LogP contribution in [0.5, 0.6) is 0 Å². The number of halogens is 1. The molecular formula is C15H24BrN5O2S. The number of aromatic nitrogens is 1. The molecule has 2 fully saturated rings. The Labute approximate surface area is 152 Å². The molecule has 0 spiro atoms. The monoisotopic (exact) mass is 417 g/mol. The minimum atomic E-state index is -3.54. The normalized spacial score (nSPS) is 21.2. The van der Waals surface area contributed by atoms with Crippen LogP contribution in [0, 0.1) is 0 Å². The first-order valence-electron chi connectivity index (χ1n) is 8.35. The maximum absolute atomic E-state index is 13.2. The second-order valence-electron chi connectivity index (χ2n) is 6.04. The van der Waals surface area contributed by atoms with Crippen LogP contribution in [0.25, 0.3) is 0 Å². The summed E-state index contributed by atoms with van der Waals surface area (Å²) in [5.74, 6) is 0. The molecule has 2 saturated heterocycles. The maximum atomic E-state index is 13.2. The molecule has 2 aliphatic rings. The van der Waals surface area contributed by atoms with Crippen LogP contribution in [0.4, 0.5) is 5.69 Å². The number of hydrogen-bond donors (Lipinski definition) is 1. The number of pyridine rings is 1. The van der Waals surface area contributed by atoms with Gasteiger partial charge in [-0.25, -0.2) is 8.42 Å². The van der Waals surface area contributed by atoms with Gasteiger partial charge in [0.25, 0.3) is 0 Å². The minimum absolute atomic E-state index is 0.309. The Morgan fingerprint density at radius 2 is 1.79 bits per heavy atom.